The number of benzene rings is 1. The molecule has 1 atom stereocenters. The van der Waals surface area contributed by atoms with Crippen molar-refractivity contribution < 1.29 is 17.2 Å². The Bertz CT molecular complexity index is 553. The third-order valence-electron chi connectivity index (χ3n) is 3.90. The average Bonchev–Trinajstić information content (AvgIpc) is 2.75. The van der Waals surface area contributed by atoms with Crippen LogP contribution in [0, 0.1) is 0 Å². The van der Waals surface area contributed by atoms with Crippen LogP contribution in [-0.4, -0.2) is 40.4 Å². The maximum atomic E-state index is 12.5. The summed E-state index contributed by atoms with van der Waals surface area (Å²) in [5.74, 6) is -3.38. The molecule has 0 saturated carbocycles. The van der Waals surface area contributed by atoms with Crippen molar-refractivity contribution in [1.82, 2.24) is 5.32 Å². The molecule has 1 aliphatic rings. The lowest BCUT2D eigenvalue weighted by Gasteiger charge is -2.29. The van der Waals surface area contributed by atoms with Crippen molar-refractivity contribution in [2.75, 3.05) is 25.0 Å². The Balaban J connectivity index is 2.14. The van der Waals surface area contributed by atoms with Crippen molar-refractivity contribution in [2.45, 2.75) is 36.0 Å². The van der Waals surface area contributed by atoms with Gasteiger partial charge in [0.25, 0.3) is 0 Å². The second-order valence-electron chi connectivity index (χ2n) is 5.25. The van der Waals surface area contributed by atoms with Crippen LogP contribution in [0.2, 0.25) is 0 Å². The Morgan fingerprint density at radius 3 is 2.48 bits per heavy atom. The van der Waals surface area contributed by atoms with Crippen LogP contribution in [0.25, 0.3) is 0 Å². The first kappa shape index (κ1) is 16.2. The Morgan fingerprint density at radius 1 is 1.19 bits per heavy atom. The highest BCUT2D eigenvalue weighted by Crippen LogP contribution is 2.24. The van der Waals surface area contributed by atoms with Crippen molar-refractivity contribution in [2.24, 2.45) is 0 Å². The van der Waals surface area contributed by atoms with E-state index in [4.69, 9.17) is 0 Å². The molecule has 1 heterocycles. The molecule has 0 aliphatic carbocycles. The van der Waals surface area contributed by atoms with E-state index in [1.54, 1.807) is 12.1 Å². The van der Waals surface area contributed by atoms with Crippen LogP contribution in [0.3, 0.4) is 0 Å². The predicted octanol–water partition coefficient (Wildman–Crippen LogP) is 2.26. The van der Waals surface area contributed by atoms with Gasteiger partial charge in [-0.1, -0.05) is 0 Å². The zero-order valence-electron chi connectivity index (χ0n) is 11.9. The summed E-state index contributed by atoms with van der Waals surface area (Å²) in [6.45, 7) is 1.96. The smallest absolute Gasteiger partial charge is 0.341 e. The van der Waals surface area contributed by atoms with Gasteiger partial charge in [0.15, 0.2) is 0 Å². The molecular weight excluding hydrogens is 298 g/mol. The second-order valence-corrected chi connectivity index (χ2v) is 7.16. The first-order chi connectivity index (χ1) is 9.93. The number of alkyl halides is 2. The first-order valence-electron chi connectivity index (χ1n) is 6.98. The van der Waals surface area contributed by atoms with Crippen LogP contribution in [0.1, 0.15) is 19.3 Å². The number of sulfone groups is 1. The highest BCUT2D eigenvalue weighted by molar-refractivity contribution is 7.91. The highest BCUT2D eigenvalue weighted by atomic mass is 32.2. The topological polar surface area (TPSA) is 49.4 Å². The van der Waals surface area contributed by atoms with Crippen LogP contribution in [0.5, 0.6) is 0 Å². The normalized spacial score (nSPS) is 20.3. The summed E-state index contributed by atoms with van der Waals surface area (Å²) in [4.78, 5) is 1.75. The van der Waals surface area contributed by atoms with E-state index in [1.807, 2.05) is 7.05 Å². The molecule has 1 N–H and O–H groups in total. The van der Waals surface area contributed by atoms with Gasteiger partial charge in [0.05, 0.1) is 4.90 Å². The number of hydrogen-bond donors (Lipinski definition) is 1. The largest absolute Gasteiger partial charge is 0.372 e. The molecule has 1 aromatic rings. The summed E-state index contributed by atoms with van der Waals surface area (Å²) in [7, 11) is -2.56. The van der Waals surface area contributed by atoms with Crippen molar-refractivity contribution in [1.29, 1.82) is 0 Å². The lowest BCUT2D eigenvalue weighted by Crippen LogP contribution is -2.32. The molecule has 118 valence electrons. The number of halogens is 2. The van der Waals surface area contributed by atoms with E-state index >= 15 is 0 Å². The summed E-state index contributed by atoms with van der Waals surface area (Å²) in [5, 5.41) is 3.34. The minimum Gasteiger partial charge on any atom is -0.372 e. The molecule has 0 radical (unpaired) electrons. The molecule has 21 heavy (non-hydrogen) atoms. The molecule has 1 fully saturated rings. The SMILES string of the molecule is CN(c1ccc(S(=O)(=O)C(F)F)cc1)C1CCCNCC1. The van der Waals surface area contributed by atoms with Crippen LogP contribution in [0.15, 0.2) is 29.2 Å². The molecule has 0 amide bonds. The van der Waals surface area contributed by atoms with E-state index in [1.165, 1.54) is 12.1 Å². The monoisotopic (exact) mass is 318 g/mol. The molecule has 2 rings (SSSR count). The molecule has 1 saturated heterocycles. The van der Waals surface area contributed by atoms with Crippen LogP contribution in [-0.2, 0) is 9.84 Å². The first-order valence-corrected chi connectivity index (χ1v) is 8.53. The van der Waals surface area contributed by atoms with Crippen molar-refractivity contribution in [3.05, 3.63) is 24.3 Å². The Labute approximate surface area is 124 Å². The summed E-state index contributed by atoms with van der Waals surface area (Å²) in [6, 6.07) is 6.06. The van der Waals surface area contributed by atoms with Crippen LogP contribution >= 0.6 is 0 Å². The molecule has 0 bridgehead atoms. The number of anilines is 1. The van der Waals surface area contributed by atoms with E-state index < -0.39 is 15.6 Å². The Hall–Kier alpha value is -1.21. The quantitative estimate of drug-likeness (QED) is 0.925. The van der Waals surface area contributed by atoms with Crippen LogP contribution < -0.4 is 10.2 Å². The van der Waals surface area contributed by atoms with E-state index in [-0.39, 0.29) is 4.90 Å². The van der Waals surface area contributed by atoms with Crippen molar-refractivity contribution >= 4 is 15.5 Å². The highest BCUT2D eigenvalue weighted by Gasteiger charge is 2.26. The standard InChI is InChI=1S/C14H20F2N2O2S/c1-18(11-3-2-9-17-10-8-11)12-4-6-13(7-5-12)21(19,20)14(15)16/h4-7,11,14,17H,2-3,8-10H2,1H3. The molecule has 1 unspecified atom stereocenters. The van der Waals surface area contributed by atoms with Gasteiger partial charge in [-0.2, -0.15) is 8.78 Å². The number of nitrogens with zero attached hydrogens (tertiary/aromatic N) is 1. The average molecular weight is 318 g/mol. The van der Waals surface area contributed by atoms with E-state index in [0.29, 0.717) is 6.04 Å². The maximum Gasteiger partial charge on any atom is 0.341 e. The molecule has 4 nitrogen and oxygen atoms in total. The number of hydrogen-bond acceptors (Lipinski definition) is 4. The fourth-order valence-electron chi connectivity index (χ4n) is 2.57. The van der Waals surface area contributed by atoms with Crippen LogP contribution in [0.4, 0.5) is 14.5 Å². The molecule has 0 aromatic heterocycles. The number of nitrogens with one attached hydrogen (secondary N) is 1. The van der Waals surface area contributed by atoms with Gasteiger partial charge in [-0.25, -0.2) is 8.42 Å². The lowest BCUT2D eigenvalue weighted by molar-refractivity contribution is 0.234. The number of rotatable bonds is 4. The zero-order valence-corrected chi connectivity index (χ0v) is 12.7. The minimum atomic E-state index is -4.51. The van der Waals surface area contributed by atoms with Gasteiger partial charge in [-0.15, -0.1) is 0 Å². The molecule has 7 heteroatoms. The molecular formula is C14H20F2N2O2S. The van der Waals surface area contributed by atoms with Gasteiger partial charge in [0.2, 0.25) is 9.84 Å². The zero-order chi connectivity index (χ0) is 15.5. The Kier molecular flexibility index (Phi) is 5.16. The Morgan fingerprint density at radius 2 is 1.86 bits per heavy atom. The second kappa shape index (κ2) is 6.70. The third-order valence-corrected chi connectivity index (χ3v) is 5.30. The third kappa shape index (κ3) is 3.71. The molecule has 1 aliphatic heterocycles. The summed E-state index contributed by atoms with van der Waals surface area (Å²) in [5.41, 5.74) is 0.843. The van der Waals surface area contributed by atoms with E-state index in [0.717, 1.165) is 38.0 Å². The summed E-state index contributed by atoms with van der Waals surface area (Å²) < 4.78 is 47.8. The van der Waals surface area contributed by atoms with Gasteiger partial charge in [-0.05, 0) is 56.6 Å². The van der Waals surface area contributed by atoms with Gasteiger partial charge in [0, 0.05) is 18.8 Å². The van der Waals surface area contributed by atoms with Gasteiger partial charge in [0.1, 0.15) is 0 Å². The predicted molar refractivity (Wildman–Crippen MR) is 78.5 cm³/mol. The molecule has 0 spiro atoms. The minimum absolute atomic E-state index is 0.336. The summed E-state index contributed by atoms with van der Waals surface area (Å²) >= 11 is 0. The fourth-order valence-corrected chi connectivity index (χ4v) is 3.29. The summed E-state index contributed by atoms with van der Waals surface area (Å²) in [6.07, 6.45) is 3.15. The van der Waals surface area contributed by atoms with Gasteiger partial charge >= 0.3 is 5.76 Å². The van der Waals surface area contributed by atoms with Crippen molar-refractivity contribution in [3.8, 4) is 0 Å². The van der Waals surface area contributed by atoms with Crippen molar-refractivity contribution in [3.63, 3.8) is 0 Å². The van der Waals surface area contributed by atoms with Gasteiger partial charge in [-0.3, -0.25) is 0 Å². The van der Waals surface area contributed by atoms with E-state index in [2.05, 4.69) is 10.2 Å². The maximum absolute atomic E-state index is 12.5. The lowest BCUT2D eigenvalue weighted by atomic mass is 10.1. The van der Waals surface area contributed by atoms with Gasteiger partial charge < -0.3 is 10.2 Å². The molecule has 1 aromatic carbocycles. The van der Waals surface area contributed by atoms with E-state index in [9.17, 15) is 17.2 Å². The fraction of sp³-hybridized carbons (Fsp3) is 0.571.